The normalized spacial score (nSPS) is 31.7. The van der Waals surface area contributed by atoms with Crippen molar-refractivity contribution < 1.29 is 19.0 Å². The van der Waals surface area contributed by atoms with Gasteiger partial charge in [-0.25, -0.2) is 0 Å². The molecule has 0 spiro atoms. The highest BCUT2D eigenvalue weighted by Gasteiger charge is 2.25. The summed E-state index contributed by atoms with van der Waals surface area (Å²) in [6, 6.07) is 0. The van der Waals surface area contributed by atoms with E-state index in [0.29, 0.717) is 32.7 Å². The van der Waals surface area contributed by atoms with E-state index in [1.807, 2.05) is 18.7 Å². The summed E-state index contributed by atoms with van der Waals surface area (Å²) in [5.74, 6) is 0.161. The van der Waals surface area contributed by atoms with Crippen molar-refractivity contribution in [3.63, 3.8) is 0 Å². The molecule has 0 saturated carbocycles. The summed E-state index contributed by atoms with van der Waals surface area (Å²) >= 11 is 0. The monoisotopic (exact) mass is 271 g/mol. The van der Waals surface area contributed by atoms with Crippen molar-refractivity contribution in [3.05, 3.63) is 0 Å². The van der Waals surface area contributed by atoms with Gasteiger partial charge in [0.25, 0.3) is 0 Å². The number of carbonyl (C=O) groups is 1. The first-order chi connectivity index (χ1) is 9.15. The highest BCUT2D eigenvalue weighted by atomic mass is 16.5. The Kier molecular flexibility index (Phi) is 5.60. The molecule has 0 N–H and O–H groups in total. The molecule has 2 rings (SSSR count). The van der Waals surface area contributed by atoms with Gasteiger partial charge in [0.05, 0.1) is 37.9 Å². The van der Waals surface area contributed by atoms with Crippen molar-refractivity contribution in [2.24, 2.45) is 0 Å². The lowest BCUT2D eigenvalue weighted by Crippen LogP contribution is -2.48. The molecule has 0 aromatic rings. The fourth-order valence-corrected chi connectivity index (χ4v) is 2.69. The molecule has 2 fully saturated rings. The van der Waals surface area contributed by atoms with Crippen molar-refractivity contribution in [3.8, 4) is 0 Å². The van der Waals surface area contributed by atoms with E-state index in [2.05, 4.69) is 0 Å². The van der Waals surface area contributed by atoms with E-state index in [0.717, 1.165) is 19.4 Å². The van der Waals surface area contributed by atoms with Crippen LogP contribution >= 0.6 is 0 Å². The third kappa shape index (κ3) is 4.75. The van der Waals surface area contributed by atoms with E-state index in [1.54, 1.807) is 0 Å². The average Bonchev–Trinajstić information content (AvgIpc) is 2.86. The van der Waals surface area contributed by atoms with Crippen LogP contribution in [-0.4, -0.2) is 62.0 Å². The largest absolute Gasteiger partial charge is 0.378 e. The molecule has 2 heterocycles. The number of morpholine rings is 1. The quantitative estimate of drug-likeness (QED) is 0.705. The predicted molar refractivity (Wildman–Crippen MR) is 71.0 cm³/mol. The summed E-state index contributed by atoms with van der Waals surface area (Å²) in [7, 11) is 0. The summed E-state index contributed by atoms with van der Waals surface area (Å²) in [5.41, 5.74) is 0. The summed E-state index contributed by atoms with van der Waals surface area (Å²) in [4.78, 5) is 13.9. The maximum absolute atomic E-state index is 12.0. The molecule has 3 atom stereocenters. The number of amides is 1. The number of ether oxygens (including phenoxy) is 3. The first-order valence-electron chi connectivity index (χ1n) is 7.27. The average molecular weight is 271 g/mol. The minimum atomic E-state index is 0.125. The Morgan fingerprint density at radius 3 is 2.68 bits per heavy atom. The molecular weight excluding hydrogens is 246 g/mol. The van der Waals surface area contributed by atoms with Gasteiger partial charge in [-0.1, -0.05) is 0 Å². The highest BCUT2D eigenvalue weighted by Crippen LogP contribution is 2.13. The van der Waals surface area contributed by atoms with Gasteiger partial charge in [-0.3, -0.25) is 4.79 Å². The molecule has 1 amide bonds. The Labute approximate surface area is 115 Å². The smallest absolute Gasteiger partial charge is 0.225 e. The second-order valence-corrected chi connectivity index (χ2v) is 5.52. The lowest BCUT2D eigenvalue weighted by atomic mass is 10.2. The number of hydrogen-bond acceptors (Lipinski definition) is 4. The topological polar surface area (TPSA) is 48.0 Å². The summed E-state index contributed by atoms with van der Waals surface area (Å²) < 4.78 is 16.6. The van der Waals surface area contributed by atoms with Crippen molar-refractivity contribution in [2.75, 3.05) is 32.9 Å². The van der Waals surface area contributed by atoms with E-state index in [9.17, 15) is 4.79 Å². The van der Waals surface area contributed by atoms with Gasteiger partial charge in [0.15, 0.2) is 0 Å². The molecule has 2 saturated heterocycles. The maximum Gasteiger partial charge on any atom is 0.225 e. The molecule has 0 aromatic heterocycles. The third-order valence-corrected chi connectivity index (χ3v) is 3.56. The van der Waals surface area contributed by atoms with Crippen LogP contribution in [0.4, 0.5) is 0 Å². The third-order valence-electron chi connectivity index (χ3n) is 3.56. The fourth-order valence-electron chi connectivity index (χ4n) is 2.69. The van der Waals surface area contributed by atoms with Crippen LogP contribution in [0.1, 0.15) is 33.1 Å². The summed E-state index contributed by atoms with van der Waals surface area (Å²) in [6.45, 7) is 7.33. The zero-order chi connectivity index (χ0) is 13.7. The van der Waals surface area contributed by atoms with Crippen molar-refractivity contribution in [1.29, 1.82) is 0 Å². The van der Waals surface area contributed by atoms with Gasteiger partial charge in [0, 0.05) is 19.7 Å². The molecule has 0 bridgehead atoms. The van der Waals surface area contributed by atoms with Crippen LogP contribution < -0.4 is 0 Å². The number of hydrogen-bond donors (Lipinski definition) is 0. The lowest BCUT2D eigenvalue weighted by molar-refractivity contribution is -0.144. The van der Waals surface area contributed by atoms with Crippen LogP contribution in [0.5, 0.6) is 0 Å². The zero-order valence-electron chi connectivity index (χ0n) is 12.0. The Bertz CT molecular complexity index is 281. The standard InChI is InChI=1S/C14H25NO4/c1-11-8-15(9-12(2)19-11)14(16)5-7-17-10-13-4-3-6-18-13/h11-13H,3-10H2,1-2H3. The molecule has 0 aliphatic carbocycles. The number of nitrogens with zero attached hydrogens (tertiary/aromatic N) is 1. The van der Waals surface area contributed by atoms with Crippen LogP contribution in [0.2, 0.25) is 0 Å². The first kappa shape index (κ1) is 14.8. The van der Waals surface area contributed by atoms with Gasteiger partial charge in [-0.2, -0.15) is 0 Å². The summed E-state index contributed by atoms with van der Waals surface area (Å²) in [5, 5.41) is 0. The van der Waals surface area contributed by atoms with E-state index in [1.165, 1.54) is 0 Å². The summed E-state index contributed by atoms with van der Waals surface area (Å²) in [6.07, 6.45) is 3.13. The van der Waals surface area contributed by atoms with Gasteiger partial charge >= 0.3 is 0 Å². The molecule has 5 nitrogen and oxygen atoms in total. The van der Waals surface area contributed by atoms with Crippen LogP contribution in [0.3, 0.4) is 0 Å². The van der Waals surface area contributed by atoms with Crippen molar-refractivity contribution >= 4 is 5.91 Å². The minimum absolute atomic E-state index is 0.125. The number of carbonyl (C=O) groups excluding carboxylic acids is 1. The van der Waals surface area contributed by atoms with Gasteiger partial charge in [0.2, 0.25) is 5.91 Å². The van der Waals surface area contributed by atoms with E-state index >= 15 is 0 Å². The Morgan fingerprint density at radius 1 is 1.32 bits per heavy atom. The predicted octanol–water partition coefficient (Wildman–Crippen LogP) is 1.21. The van der Waals surface area contributed by atoms with Crippen LogP contribution in [-0.2, 0) is 19.0 Å². The van der Waals surface area contributed by atoms with Crippen LogP contribution in [0.25, 0.3) is 0 Å². The Balaban J connectivity index is 1.60. The van der Waals surface area contributed by atoms with Gasteiger partial charge in [0.1, 0.15) is 0 Å². The van der Waals surface area contributed by atoms with Gasteiger partial charge < -0.3 is 19.1 Å². The number of rotatable bonds is 5. The van der Waals surface area contributed by atoms with E-state index in [-0.39, 0.29) is 24.2 Å². The molecule has 19 heavy (non-hydrogen) atoms. The first-order valence-corrected chi connectivity index (χ1v) is 7.27. The molecule has 0 aromatic carbocycles. The molecular formula is C14H25NO4. The van der Waals surface area contributed by atoms with E-state index < -0.39 is 0 Å². The van der Waals surface area contributed by atoms with Gasteiger partial charge in [-0.15, -0.1) is 0 Å². The maximum atomic E-state index is 12.0. The lowest BCUT2D eigenvalue weighted by Gasteiger charge is -2.35. The Morgan fingerprint density at radius 2 is 2.05 bits per heavy atom. The van der Waals surface area contributed by atoms with Crippen molar-refractivity contribution in [2.45, 2.75) is 51.4 Å². The zero-order valence-corrected chi connectivity index (χ0v) is 12.0. The SMILES string of the molecule is CC1CN(C(=O)CCOCC2CCCO2)CC(C)O1. The molecule has 110 valence electrons. The van der Waals surface area contributed by atoms with E-state index in [4.69, 9.17) is 14.2 Å². The van der Waals surface area contributed by atoms with Crippen LogP contribution in [0, 0.1) is 0 Å². The molecule has 2 aliphatic rings. The molecule has 0 radical (unpaired) electrons. The second kappa shape index (κ2) is 7.22. The minimum Gasteiger partial charge on any atom is -0.378 e. The van der Waals surface area contributed by atoms with Crippen molar-refractivity contribution in [1.82, 2.24) is 4.90 Å². The fraction of sp³-hybridized carbons (Fsp3) is 0.929. The second-order valence-electron chi connectivity index (χ2n) is 5.52. The van der Waals surface area contributed by atoms with Gasteiger partial charge in [-0.05, 0) is 26.7 Å². The molecule has 2 aliphatic heterocycles. The Hall–Kier alpha value is -0.650. The van der Waals surface area contributed by atoms with Crippen LogP contribution in [0.15, 0.2) is 0 Å². The molecule has 5 heteroatoms. The molecule has 3 unspecified atom stereocenters. The highest BCUT2D eigenvalue weighted by molar-refractivity contribution is 5.76.